The Bertz CT molecular complexity index is 169. The fourth-order valence-corrected chi connectivity index (χ4v) is 0.654. The van der Waals surface area contributed by atoms with Crippen LogP contribution in [0.3, 0.4) is 0 Å². The van der Waals surface area contributed by atoms with Gasteiger partial charge in [-0.25, -0.2) is 0 Å². The number of hydrogen-bond donors (Lipinski definition) is 1. The summed E-state index contributed by atoms with van der Waals surface area (Å²) in [5.74, 6) is -0.201. The number of aromatic amines is 1. The van der Waals surface area contributed by atoms with Gasteiger partial charge in [0.15, 0.2) is 5.95 Å². The predicted molar refractivity (Wildman–Crippen MR) is 30.1 cm³/mol. The van der Waals surface area contributed by atoms with Crippen molar-refractivity contribution in [2.75, 3.05) is 0 Å². The minimum atomic E-state index is -0.201. The Kier molecular flexibility index (Phi) is 1.33. The molecule has 0 amide bonds. The molecule has 0 spiro atoms. The minimum Gasteiger partial charge on any atom is -0.338 e. The first kappa shape index (κ1) is 5.35. The van der Waals surface area contributed by atoms with Gasteiger partial charge in [0.25, 0.3) is 0 Å². The Morgan fingerprint density at radius 2 is 2.50 bits per heavy atom. The van der Waals surface area contributed by atoms with Crippen LogP contribution in [-0.4, -0.2) is 4.98 Å². The summed E-state index contributed by atoms with van der Waals surface area (Å²) >= 11 is 0. The van der Waals surface area contributed by atoms with Crippen LogP contribution in [0.15, 0.2) is 12.3 Å². The summed E-state index contributed by atoms with van der Waals surface area (Å²) in [4.78, 5) is 2.45. The van der Waals surface area contributed by atoms with Crippen LogP contribution in [0, 0.1) is 5.95 Å². The third-order valence-corrected chi connectivity index (χ3v) is 1.16. The third-order valence-electron chi connectivity index (χ3n) is 1.16. The van der Waals surface area contributed by atoms with Gasteiger partial charge >= 0.3 is 0 Å². The van der Waals surface area contributed by atoms with Gasteiger partial charge in [0.2, 0.25) is 0 Å². The molecular formula is C6H8FN. The van der Waals surface area contributed by atoms with Crippen LogP contribution < -0.4 is 0 Å². The molecule has 0 unspecified atom stereocenters. The first-order valence-electron chi connectivity index (χ1n) is 2.66. The number of aryl methyl sites for hydroxylation is 1. The zero-order chi connectivity index (χ0) is 5.98. The number of H-pyrrole nitrogens is 1. The van der Waals surface area contributed by atoms with Crippen molar-refractivity contribution >= 4 is 0 Å². The molecule has 8 heavy (non-hydrogen) atoms. The van der Waals surface area contributed by atoms with E-state index in [0.717, 1.165) is 12.0 Å². The van der Waals surface area contributed by atoms with Crippen molar-refractivity contribution in [2.45, 2.75) is 13.3 Å². The van der Waals surface area contributed by atoms with Gasteiger partial charge in [-0.15, -0.1) is 0 Å². The average molecular weight is 113 g/mol. The van der Waals surface area contributed by atoms with Crippen LogP contribution in [0.4, 0.5) is 4.39 Å². The lowest BCUT2D eigenvalue weighted by atomic mass is 10.3. The second-order valence-corrected chi connectivity index (χ2v) is 1.67. The highest BCUT2D eigenvalue weighted by Gasteiger charge is 1.95. The van der Waals surface area contributed by atoms with Crippen molar-refractivity contribution < 1.29 is 4.39 Å². The van der Waals surface area contributed by atoms with E-state index in [-0.39, 0.29) is 5.95 Å². The summed E-state index contributed by atoms with van der Waals surface area (Å²) in [6.45, 7) is 1.92. The van der Waals surface area contributed by atoms with Gasteiger partial charge in [0.1, 0.15) is 0 Å². The Morgan fingerprint density at radius 1 is 1.75 bits per heavy atom. The maximum absolute atomic E-state index is 12.3. The van der Waals surface area contributed by atoms with E-state index in [0.29, 0.717) is 0 Å². The summed E-state index contributed by atoms with van der Waals surface area (Å²) in [7, 11) is 0. The smallest absolute Gasteiger partial charge is 0.194 e. The lowest BCUT2D eigenvalue weighted by molar-refractivity contribution is 0.578. The summed E-state index contributed by atoms with van der Waals surface area (Å²) in [6.07, 6.45) is 2.36. The number of halogens is 1. The van der Waals surface area contributed by atoms with Crippen molar-refractivity contribution in [1.29, 1.82) is 0 Å². The molecule has 2 heteroatoms. The first-order valence-corrected chi connectivity index (χ1v) is 2.66. The number of rotatable bonds is 1. The molecule has 0 aliphatic rings. The normalized spacial score (nSPS) is 9.75. The molecule has 0 saturated heterocycles. The molecular weight excluding hydrogens is 105 g/mol. The Hall–Kier alpha value is -0.790. The second kappa shape index (κ2) is 1.99. The highest BCUT2D eigenvalue weighted by atomic mass is 19.1. The standard InChI is InChI=1S/C6H8FN/c1-2-5-3-4-8-6(5)7/h3-4,8H,2H2,1H3. The lowest BCUT2D eigenvalue weighted by Crippen LogP contribution is -1.79. The summed E-state index contributed by atoms with van der Waals surface area (Å²) in [5, 5.41) is 0. The third kappa shape index (κ3) is 0.735. The number of aromatic nitrogens is 1. The van der Waals surface area contributed by atoms with E-state index in [1.54, 1.807) is 12.3 Å². The first-order chi connectivity index (χ1) is 3.84. The van der Waals surface area contributed by atoms with Crippen LogP contribution in [-0.2, 0) is 6.42 Å². The molecule has 44 valence electrons. The van der Waals surface area contributed by atoms with E-state index in [4.69, 9.17) is 0 Å². The van der Waals surface area contributed by atoms with Crippen LogP contribution in [0.2, 0.25) is 0 Å². The summed E-state index contributed by atoms with van der Waals surface area (Å²) < 4.78 is 12.3. The molecule has 0 aliphatic heterocycles. The topological polar surface area (TPSA) is 15.8 Å². The minimum absolute atomic E-state index is 0.201. The molecule has 1 rings (SSSR count). The monoisotopic (exact) mass is 113 g/mol. The van der Waals surface area contributed by atoms with E-state index in [2.05, 4.69) is 4.98 Å². The Labute approximate surface area is 47.5 Å². The van der Waals surface area contributed by atoms with E-state index < -0.39 is 0 Å². The molecule has 1 N–H and O–H groups in total. The van der Waals surface area contributed by atoms with E-state index in [1.165, 1.54) is 0 Å². The van der Waals surface area contributed by atoms with Gasteiger partial charge in [0.05, 0.1) is 0 Å². The molecule has 0 radical (unpaired) electrons. The van der Waals surface area contributed by atoms with Crippen LogP contribution in [0.1, 0.15) is 12.5 Å². The second-order valence-electron chi connectivity index (χ2n) is 1.67. The fourth-order valence-electron chi connectivity index (χ4n) is 0.654. The molecule has 0 atom stereocenters. The number of nitrogens with one attached hydrogen (secondary N) is 1. The molecule has 1 heterocycles. The predicted octanol–water partition coefficient (Wildman–Crippen LogP) is 1.72. The van der Waals surface area contributed by atoms with Gasteiger partial charge < -0.3 is 4.98 Å². The molecule has 0 aromatic carbocycles. The molecule has 1 aromatic heterocycles. The highest BCUT2D eigenvalue weighted by Crippen LogP contribution is 2.03. The summed E-state index contributed by atoms with van der Waals surface area (Å²) in [6, 6.07) is 1.75. The molecule has 1 aromatic rings. The average Bonchev–Trinajstić information content (AvgIpc) is 2.14. The number of hydrogen-bond acceptors (Lipinski definition) is 0. The SMILES string of the molecule is CCc1cc[nH]c1F. The molecule has 1 nitrogen and oxygen atoms in total. The van der Waals surface area contributed by atoms with Crippen molar-refractivity contribution in [3.05, 3.63) is 23.8 Å². The van der Waals surface area contributed by atoms with Gasteiger partial charge in [-0.05, 0) is 12.5 Å². The van der Waals surface area contributed by atoms with Crippen LogP contribution in [0.25, 0.3) is 0 Å². The van der Waals surface area contributed by atoms with E-state index >= 15 is 0 Å². The maximum Gasteiger partial charge on any atom is 0.194 e. The van der Waals surface area contributed by atoms with Crippen molar-refractivity contribution in [1.82, 2.24) is 4.98 Å². The van der Waals surface area contributed by atoms with Gasteiger partial charge in [-0.3, -0.25) is 0 Å². The zero-order valence-corrected chi connectivity index (χ0v) is 4.74. The largest absolute Gasteiger partial charge is 0.338 e. The molecule has 0 fully saturated rings. The summed E-state index contributed by atoms with van der Waals surface area (Å²) in [5.41, 5.74) is 0.755. The van der Waals surface area contributed by atoms with Gasteiger partial charge in [-0.2, -0.15) is 4.39 Å². The Morgan fingerprint density at radius 3 is 2.75 bits per heavy atom. The van der Waals surface area contributed by atoms with Crippen molar-refractivity contribution in [3.63, 3.8) is 0 Å². The van der Waals surface area contributed by atoms with Crippen LogP contribution in [0.5, 0.6) is 0 Å². The van der Waals surface area contributed by atoms with Crippen molar-refractivity contribution in [2.24, 2.45) is 0 Å². The Balaban J connectivity index is 2.92. The molecule has 0 bridgehead atoms. The maximum atomic E-state index is 12.3. The van der Waals surface area contributed by atoms with E-state index in [1.807, 2.05) is 6.92 Å². The van der Waals surface area contributed by atoms with Gasteiger partial charge in [0, 0.05) is 11.8 Å². The van der Waals surface area contributed by atoms with E-state index in [9.17, 15) is 4.39 Å². The van der Waals surface area contributed by atoms with Crippen molar-refractivity contribution in [3.8, 4) is 0 Å². The fraction of sp³-hybridized carbons (Fsp3) is 0.333. The lowest BCUT2D eigenvalue weighted by Gasteiger charge is -1.84. The molecule has 0 aliphatic carbocycles. The molecule has 0 saturated carbocycles. The zero-order valence-electron chi connectivity index (χ0n) is 4.74. The quantitative estimate of drug-likeness (QED) is 0.570. The highest BCUT2D eigenvalue weighted by molar-refractivity contribution is 5.09. The van der Waals surface area contributed by atoms with Gasteiger partial charge in [-0.1, -0.05) is 6.92 Å². The van der Waals surface area contributed by atoms with Crippen LogP contribution >= 0.6 is 0 Å².